The van der Waals surface area contributed by atoms with E-state index in [0.29, 0.717) is 0 Å². The second kappa shape index (κ2) is 12.9. The van der Waals surface area contributed by atoms with Crippen molar-refractivity contribution in [2.24, 2.45) is 0 Å². The van der Waals surface area contributed by atoms with Gasteiger partial charge in [0.15, 0.2) is 0 Å². The number of fused-ring (bicyclic) bond motifs is 6. The van der Waals surface area contributed by atoms with Crippen LogP contribution in [-0.2, 0) is 0 Å². The third kappa shape index (κ3) is 5.31. The maximum absolute atomic E-state index is 2.46. The summed E-state index contributed by atoms with van der Waals surface area (Å²) >= 11 is 1.88. The molecule has 0 fully saturated rings. The Morgan fingerprint density at radius 3 is 1.76 bits per heavy atom. The molecule has 0 aliphatic carbocycles. The first-order chi connectivity index (χ1) is 26.5. The van der Waals surface area contributed by atoms with Crippen LogP contribution in [0.15, 0.2) is 176 Å². The van der Waals surface area contributed by atoms with E-state index in [1.807, 2.05) is 11.3 Å². The number of nitrogens with zero attached hydrogens (tertiary/aromatic N) is 2. The van der Waals surface area contributed by atoms with Crippen molar-refractivity contribution in [1.29, 1.82) is 0 Å². The van der Waals surface area contributed by atoms with Crippen LogP contribution in [0.1, 0.15) is 16.7 Å². The van der Waals surface area contributed by atoms with Gasteiger partial charge in [0.1, 0.15) is 0 Å². The van der Waals surface area contributed by atoms with Gasteiger partial charge >= 0.3 is 0 Å². The van der Waals surface area contributed by atoms with Gasteiger partial charge in [-0.3, -0.25) is 0 Å². The largest absolute Gasteiger partial charge is 0.310 e. The topological polar surface area (TPSA) is 8.17 Å². The molecule has 10 aromatic rings. The molecule has 0 amide bonds. The Labute approximate surface area is 319 Å². The molecule has 3 heteroatoms. The molecular formula is C51H38N2S. The molecule has 10 rings (SSSR count). The van der Waals surface area contributed by atoms with Gasteiger partial charge < -0.3 is 9.47 Å². The molecule has 54 heavy (non-hydrogen) atoms. The molecule has 0 atom stereocenters. The number of hydrogen-bond acceptors (Lipinski definition) is 2. The number of hydrogen-bond donors (Lipinski definition) is 0. The van der Waals surface area contributed by atoms with Gasteiger partial charge in [0, 0.05) is 59.3 Å². The minimum Gasteiger partial charge on any atom is -0.310 e. The summed E-state index contributed by atoms with van der Waals surface area (Å²) in [7, 11) is 0. The van der Waals surface area contributed by atoms with E-state index in [4.69, 9.17) is 0 Å². The molecule has 0 saturated carbocycles. The van der Waals surface area contributed by atoms with Crippen molar-refractivity contribution in [1.82, 2.24) is 4.57 Å². The number of benzene rings is 8. The van der Waals surface area contributed by atoms with Gasteiger partial charge in [-0.1, -0.05) is 115 Å². The summed E-state index contributed by atoms with van der Waals surface area (Å²) in [6.07, 6.45) is 0. The molecule has 2 nitrogen and oxygen atoms in total. The number of aryl methyl sites for hydroxylation is 3. The minimum atomic E-state index is 1.14. The zero-order valence-electron chi connectivity index (χ0n) is 30.5. The zero-order chi connectivity index (χ0) is 36.3. The van der Waals surface area contributed by atoms with Crippen molar-refractivity contribution in [3.05, 3.63) is 193 Å². The van der Waals surface area contributed by atoms with E-state index < -0.39 is 0 Å². The average molecular weight is 711 g/mol. The van der Waals surface area contributed by atoms with Crippen LogP contribution in [0.5, 0.6) is 0 Å². The molecule has 0 bridgehead atoms. The van der Waals surface area contributed by atoms with Crippen molar-refractivity contribution in [2.45, 2.75) is 20.8 Å². The van der Waals surface area contributed by atoms with Gasteiger partial charge in [0.25, 0.3) is 0 Å². The van der Waals surface area contributed by atoms with E-state index in [1.54, 1.807) is 0 Å². The highest BCUT2D eigenvalue weighted by molar-refractivity contribution is 7.26. The summed E-state index contributed by atoms with van der Waals surface area (Å²) < 4.78 is 5.00. The standard InChI is InChI=1S/C51H38N2S/c1-33-21-25-38(26-22-33)52(49-30-34(2)44(29-35(49)3)36-13-5-4-6-14-36)40-31-45(51-46(32-40)43-17-9-12-20-50(43)54-51)37-23-27-39(28-24-37)53-47-18-10-7-15-41(47)42-16-8-11-19-48(42)53/h4-32H,1-3H3. The monoisotopic (exact) mass is 710 g/mol. The second-order valence-electron chi connectivity index (χ2n) is 14.4. The van der Waals surface area contributed by atoms with Crippen molar-refractivity contribution >= 4 is 70.4 Å². The molecule has 0 aliphatic rings. The third-order valence-corrected chi connectivity index (χ3v) is 12.1. The molecule has 2 heterocycles. The Kier molecular flexibility index (Phi) is 7.71. The Morgan fingerprint density at radius 2 is 1.06 bits per heavy atom. The molecule has 0 N–H and O–H groups in total. The lowest BCUT2D eigenvalue weighted by atomic mass is 9.96. The van der Waals surface area contributed by atoms with Crippen LogP contribution in [-0.4, -0.2) is 4.57 Å². The number of para-hydroxylation sites is 2. The van der Waals surface area contributed by atoms with E-state index in [-0.39, 0.29) is 0 Å². The van der Waals surface area contributed by atoms with Crippen LogP contribution in [0.4, 0.5) is 17.1 Å². The van der Waals surface area contributed by atoms with Gasteiger partial charge in [-0.25, -0.2) is 0 Å². The second-order valence-corrected chi connectivity index (χ2v) is 15.4. The third-order valence-electron chi connectivity index (χ3n) is 10.9. The van der Waals surface area contributed by atoms with Crippen molar-refractivity contribution in [2.75, 3.05) is 4.90 Å². The predicted octanol–water partition coefficient (Wildman–Crippen LogP) is 14.9. The van der Waals surface area contributed by atoms with Gasteiger partial charge in [-0.2, -0.15) is 0 Å². The number of rotatable bonds is 6. The fraction of sp³-hybridized carbons (Fsp3) is 0.0588. The molecule has 8 aromatic carbocycles. The SMILES string of the molecule is Cc1ccc(N(c2cc(-c3ccc(-n4c5ccccc5c5ccccc54)cc3)c3sc4ccccc4c3c2)c2cc(C)c(-c3ccccc3)cc2C)cc1. The molecule has 0 aliphatic heterocycles. The van der Waals surface area contributed by atoms with Gasteiger partial charge in [-0.05, 0) is 115 Å². The van der Waals surface area contributed by atoms with Crippen LogP contribution < -0.4 is 4.90 Å². The van der Waals surface area contributed by atoms with E-state index in [9.17, 15) is 0 Å². The Bertz CT molecular complexity index is 2950. The lowest BCUT2D eigenvalue weighted by molar-refractivity contribution is 1.18. The smallest absolute Gasteiger partial charge is 0.0541 e. The Hall–Kier alpha value is -6.42. The van der Waals surface area contributed by atoms with E-state index >= 15 is 0 Å². The molecule has 0 radical (unpaired) electrons. The minimum absolute atomic E-state index is 1.14. The lowest BCUT2D eigenvalue weighted by Crippen LogP contribution is -2.12. The summed E-state index contributed by atoms with van der Waals surface area (Å²) in [5.41, 5.74) is 15.7. The maximum atomic E-state index is 2.46. The van der Waals surface area contributed by atoms with Crippen molar-refractivity contribution in [3.63, 3.8) is 0 Å². The first kappa shape index (κ1) is 32.2. The van der Waals surface area contributed by atoms with Crippen LogP contribution in [0.25, 0.3) is 69.9 Å². The van der Waals surface area contributed by atoms with E-state index in [2.05, 4.69) is 206 Å². The first-order valence-electron chi connectivity index (χ1n) is 18.6. The van der Waals surface area contributed by atoms with Crippen LogP contribution in [0, 0.1) is 20.8 Å². The highest BCUT2D eigenvalue weighted by Crippen LogP contribution is 2.47. The first-order valence-corrected chi connectivity index (χ1v) is 19.4. The quantitative estimate of drug-likeness (QED) is 0.167. The molecule has 0 saturated heterocycles. The van der Waals surface area contributed by atoms with Gasteiger partial charge in [-0.15, -0.1) is 11.3 Å². The zero-order valence-corrected chi connectivity index (χ0v) is 31.4. The van der Waals surface area contributed by atoms with Crippen molar-refractivity contribution < 1.29 is 0 Å². The van der Waals surface area contributed by atoms with Crippen LogP contribution in [0.2, 0.25) is 0 Å². The Balaban J connectivity index is 1.18. The fourth-order valence-corrected chi connectivity index (χ4v) is 9.46. The van der Waals surface area contributed by atoms with Gasteiger partial charge in [0.05, 0.1) is 11.0 Å². The highest BCUT2D eigenvalue weighted by atomic mass is 32.1. The fourth-order valence-electron chi connectivity index (χ4n) is 8.24. The number of anilines is 3. The lowest BCUT2D eigenvalue weighted by Gasteiger charge is -2.29. The number of aromatic nitrogens is 1. The summed E-state index contributed by atoms with van der Waals surface area (Å²) in [5.74, 6) is 0. The average Bonchev–Trinajstić information content (AvgIpc) is 3.76. The Morgan fingerprint density at radius 1 is 0.444 bits per heavy atom. The van der Waals surface area contributed by atoms with E-state index in [1.165, 1.54) is 86.6 Å². The summed E-state index contributed by atoms with van der Waals surface area (Å²) in [4.78, 5) is 2.46. The van der Waals surface area contributed by atoms with Crippen molar-refractivity contribution in [3.8, 4) is 27.9 Å². The predicted molar refractivity (Wildman–Crippen MR) is 233 cm³/mol. The van der Waals surface area contributed by atoms with E-state index in [0.717, 1.165) is 17.1 Å². The molecule has 2 aromatic heterocycles. The summed E-state index contributed by atoms with van der Waals surface area (Å²) in [5, 5.41) is 5.12. The summed E-state index contributed by atoms with van der Waals surface area (Å²) in [6.45, 7) is 6.64. The van der Waals surface area contributed by atoms with Crippen LogP contribution in [0.3, 0.4) is 0 Å². The van der Waals surface area contributed by atoms with Crippen LogP contribution >= 0.6 is 11.3 Å². The normalized spacial score (nSPS) is 11.6. The molecular weight excluding hydrogens is 673 g/mol. The maximum Gasteiger partial charge on any atom is 0.0541 e. The number of thiophene rings is 1. The molecule has 0 spiro atoms. The molecule has 0 unspecified atom stereocenters. The van der Waals surface area contributed by atoms with Gasteiger partial charge in [0.2, 0.25) is 0 Å². The molecule has 258 valence electrons. The highest BCUT2D eigenvalue weighted by Gasteiger charge is 2.21. The summed E-state index contributed by atoms with van der Waals surface area (Å²) in [6, 6.07) is 64.7.